The number of hydrogen-bond acceptors (Lipinski definition) is 5. The fourth-order valence-electron chi connectivity index (χ4n) is 3.30. The van der Waals surface area contributed by atoms with Gasteiger partial charge in [0.1, 0.15) is 23.2 Å². The Hall–Kier alpha value is -3.94. The second-order valence-corrected chi connectivity index (χ2v) is 6.67. The smallest absolute Gasteiger partial charge is 0.387 e. The van der Waals surface area contributed by atoms with Gasteiger partial charge in [0.15, 0.2) is 6.61 Å². The summed E-state index contributed by atoms with van der Waals surface area (Å²) in [7, 11) is 0. The van der Waals surface area contributed by atoms with E-state index in [2.05, 4.69) is 10.1 Å². The molecule has 1 aliphatic heterocycles. The molecule has 1 aliphatic rings. The summed E-state index contributed by atoms with van der Waals surface area (Å²) in [5, 5.41) is 2.54. The Morgan fingerprint density at radius 2 is 1.48 bits per heavy atom. The molecule has 8 heteroatoms. The van der Waals surface area contributed by atoms with Crippen molar-refractivity contribution >= 4 is 17.6 Å². The zero-order valence-electron chi connectivity index (χ0n) is 16.1. The average molecular weight is 425 g/mol. The van der Waals surface area contributed by atoms with Crippen molar-refractivity contribution in [2.45, 2.75) is 12.5 Å². The van der Waals surface area contributed by atoms with Gasteiger partial charge in [-0.1, -0.05) is 36.4 Å². The lowest BCUT2D eigenvalue weighted by atomic mass is 9.88. The van der Waals surface area contributed by atoms with Gasteiger partial charge < -0.3 is 19.5 Å². The van der Waals surface area contributed by atoms with Gasteiger partial charge in [0.2, 0.25) is 0 Å². The Morgan fingerprint density at radius 1 is 0.903 bits per heavy atom. The van der Waals surface area contributed by atoms with Crippen LogP contribution in [-0.2, 0) is 14.3 Å². The third-order valence-electron chi connectivity index (χ3n) is 4.62. The van der Waals surface area contributed by atoms with E-state index in [4.69, 9.17) is 9.47 Å². The third-order valence-corrected chi connectivity index (χ3v) is 4.62. The second-order valence-electron chi connectivity index (χ2n) is 6.67. The maximum Gasteiger partial charge on any atom is 0.387 e. The lowest BCUT2D eigenvalue weighted by Gasteiger charge is -2.26. The highest BCUT2D eigenvalue weighted by atomic mass is 19.3. The van der Waals surface area contributed by atoms with Crippen LogP contribution in [0.25, 0.3) is 0 Å². The van der Waals surface area contributed by atoms with Crippen LogP contribution < -0.4 is 14.8 Å². The number of halogens is 2. The van der Waals surface area contributed by atoms with Gasteiger partial charge in [-0.2, -0.15) is 8.78 Å². The zero-order chi connectivity index (χ0) is 21.8. The molecule has 158 valence electrons. The Labute approximate surface area is 176 Å². The summed E-state index contributed by atoms with van der Waals surface area (Å²) in [6.07, 6.45) is 0. The van der Waals surface area contributed by atoms with E-state index in [1.54, 1.807) is 48.5 Å². The first-order valence-corrected chi connectivity index (χ1v) is 9.38. The Kier molecular flexibility index (Phi) is 5.79. The van der Waals surface area contributed by atoms with Crippen LogP contribution in [0.1, 0.15) is 17.0 Å². The van der Waals surface area contributed by atoms with Crippen molar-refractivity contribution in [1.29, 1.82) is 0 Å². The molecule has 0 saturated carbocycles. The highest BCUT2D eigenvalue weighted by Crippen LogP contribution is 2.44. The van der Waals surface area contributed by atoms with Crippen molar-refractivity contribution in [1.82, 2.24) is 0 Å². The number of para-hydroxylation sites is 2. The van der Waals surface area contributed by atoms with Gasteiger partial charge in [-0.05, 0) is 36.4 Å². The number of rotatable bonds is 6. The van der Waals surface area contributed by atoms with Crippen LogP contribution in [0.3, 0.4) is 0 Å². The van der Waals surface area contributed by atoms with Crippen molar-refractivity contribution in [3.8, 4) is 17.2 Å². The van der Waals surface area contributed by atoms with E-state index in [9.17, 15) is 18.4 Å². The minimum absolute atomic E-state index is 0.0312. The molecule has 0 aromatic heterocycles. The Bertz CT molecular complexity index is 1060. The molecule has 1 amide bonds. The number of fused-ring (bicyclic) bond motifs is 2. The van der Waals surface area contributed by atoms with Crippen LogP contribution in [0, 0.1) is 0 Å². The number of amides is 1. The average Bonchev–Trinajstić information content (AvgIpc) is 2.77. The lowest BCUT2D eigenvalue weighted by molar-refractivity contribution is -0.148. The molecule has 0 fully saturated rings. The number of carbonyl (C=O) groups is 2. The number of ether oxygens (including phenoxy) is 3. The Balaban J connectivity index is 1.42. The maximum absolute atomic E-state index is 12.9. The van der Waals surface area contributed by atoms with Crippen LogP contribution in [0.5, 0.6) is 17.2 Å². The molecule has 0 bridgehead atoms. The molecule has 1 heterocycles. The van der Waals surface area contributed by atoms with Crippen LogP contribution in [0.4, 0.5) is 14.5 Å². The van der Waals surface area contributed by atoms with Crippen LogP contribution in [-0.4, -0.2) is 25.1 Å². The number of anilines is 1. The molecule has 6 nitrogen and oxygen atoms in total. The van der Waals surface area contributed by atoms with E-state index >= 15 is 0 Å². The van der Waals surface area contributed by atoms with Gasteiger partial charge in [0, 0.05) is 16.8 Å². The fraction of sp³-hybridized carbons (Fsp3) is 0.130. The molecule has 0 radical (unpaired) electrons. The standard InChI is InChI=1S/C23H17F2NO5/c24-23(25)30-15-11-9-14(10-12-15)26-20(27)13-29-22(28)21-16-5-1-3-7-18(16)31-19-8-4-2-6-17(19)21/h1-12,21,23H,13H2,(H,26,27). The monoisotopic (exact) mass is 425 g/mol. The minimum atomic E-state index is -2.93. The number of carbonyl (C=O) groups excluding carboxylic acids is 2. The summed E-state index contributed by atoms with van der Waals surface area (Å²) in [6, 6.07) is 19.7. The van der Waals surface area contributed by atoms with Crippen molar-refractivity contribution in [2.75, 3.05) is 11.9 Å². The van der Waals surface area contributed by atoms with Crippen LogP contribution in [0.15, 0.2) is 72.8 Å². The number of alkyl halides is 2. The number of benzene rings is 3. The van der Waals surface area contributed by atoms with Crippen molar-refractivity contribution < 1.29 is 32.6 Å². The molecule has 1 N–H and O–H groups in total. The van der Waals surface area contributed by atoms with Gasteiger partial charge >= 0.3 is 12.6 Å². The van der Waals surface area contributed by atoms with Crippen molar-refractivity contribution in [2.24, 2.45) is 0 Å². The summed E-state index contributed by atoms with van der Waals surface area (Å²) in [5.41, 5.74) is 1.66. The fourth-order valence-corrected chi connectivity index (χ4v) is 3.30. The van der Waals surface area contributed by atoms with E-state index in [1.165, 1.54) is 24.3 Å². The quantitative estimate of drug-likeness (QED) is 0.579. The molecule has 0 aliphatic carbocycles. The predicted octanol–water partition coefficient (Wildman–Crippen LogP) is 4.71. The van der Waals surface area contributed by atoms with Gasteiger partial charge in [0.25, 0.3) is 5.91 Å². The zero-order valence-corrected chi connectivity index (χ0v) is 16.1. The summed E-state index contributed by atoms with van der Waals surface area (Å²) in [4.78, 5) is 25.1. The number of hydrogen-bond donors (Lipinski definition) is 1. The SMILES string of the molecule is O=C(COC(=O)C1c2ccccc2Oc2ccccc21)Nc1ccc(OC(F)F)cc1. The number of nitrogens with one attached hydrogen (secondary N) is 1. The molecule has 0 unspecified atom stereocenters. The molecule has 3 aromatic carbocycles. The first-order chi connectivity index (χ1) is 15.0. The first kappa shape index (κ1) is 20.3. The van der Waals surface area contributed by atoms with Gasteiger partial charge in [0.05, 0.1) is 0 Å². The largest absolute Gasteiger partial charge is 0.457 e. The second kappa shape index (κ2) is 8.83. The molecular formula is C23H17F2NO5. The van der Waals surface area contributed by atoms with E-state index in [1.807, 2.05) is 0 Å². The minimum Gasteiger partial charge on any atom is -0.457 e. The maximum atomic E-state index is 12.9. The predicted molar refractivity (Wildman–Crippen MR) is 107 cm³/mol. The molecule has 0 atom stereocenters. The third kappa shape index (κ3) is 4.63. The summed E-state index contributed by atoms with van der Waals surface area (Å²) in [5.74, 6) is -0.794. The molecule has 0 spiro atoms. The summed E-state index contributed by atoms with van der Waals surface area (Å²) < 4.78 is 39.8. The molecule has 4 rings (SSSR count). The molecule has 3 aromatic rings. The van der Waals surface area contributed by atoms with E-state index in [0.717, 1.165) is 0 Å². The molecule has 0 saturated heterocycles. The highest BCUT2D eigenvalue weighted by Gasteiger charge is 2.33. The van der Waals surface area contributed by atoms with Crippen LogP contribution >= 0.6 is 0 Å². The lowest BCUT2D eigenvalue weighted by Crippen LogP contribution is -2.26. The topological polar surface area (TPSA) is 73.9 Å². The van der Waals surface area contributed by atoms with Gasteiger partial charge in [-0.15, -0.1) is 0 Å². The normalized spacial score (nSPS) is 12.4. The van der Waals surface area contributed by atoms with Gasteiger partial charge in [-0.3, -0.25) is 9.59 Å². The van der Waals surface area contributed by atoms with E-state index in [-0.39, 0.29) is 5.75 Å². The van der Waals surface area contributed by atoms with E-state index in [0.29, 0.717) is 28.3 Å². The first-order valence-electron chi connectivity index (χ1n) is 9.38. The van der Waals surface area contributed by atoms with E-state index < -0.39 is 31.0 Å². The summed E-state index contributed by atoms with van der Waals surface area (Å²) in [6.45, 7) is -3.43. The van der Waals surface area contributed by atoms with Crippen molar-refractivity contribution in [3.63, 3.8) is 0 Å². The highest BCUT2D eigenvalue weighted by molar-refractivity contribution is 5.94. The van der Waals surface area contributed by atoms with Crippen LogP contribution in [0.2, 0.25) is 0 Å². The summed E-state index contributed by atoms with van der Waals surface area (Å²) >= 11 is 0. The molecule has 31 heavy (non-hydrogen) atoms. The Morgan fingerprint density at radius 3 is 2.06 bits per heavy atom. The van der Waals surface area contributed by atoms with Gasteiger partial charge in [-0.25, -0.2) is 0 Å². The van der Waals surface area contributed by atoms with Crippen molar-refractivity contribution in [3.05, 3.63) is 83.9 Å². The molecular weight excluding hydrogens is 408 g/mol. The number of esters is 1.